The van der Waals surface area contributed by atoms with Crippen LogP contribution in [0.2, 0.25) is 0 Å². The molecule has 90 valence electrons. The zero-order valence-corrected chi connectivity index (χ0v) is 11.6. The van der Waals surface area contributed by atoms with Crippen molar-refractivity contribution in [2.45, 2.75) is 26.7 Å². The van der Waals surface area contributed by atoms with Crippen LogP contribution in [0.5, 0.6) is 5.75 Å². The Morgan fingerprint density at radius 1 is 1.31 bits per heavy atom. The molecule has 0 unspecified atom stereocenters. The molecule has 0 radical (unpaired) electrons. The van der Waals surface area contributed by atoms with E-state index in [9.17, 15) is 0 Å². The van der Waals surface area contributed by atoms with Gasteiger partial charge in [-0.15, -0.1) is 0 Å². The van der Waals surface area contributed by atoms with Gasteiger partial charge in [0.2, 0.25) is 0 Å². The van der Waals surface area contributed by atoms with Crippen LogP contribution in [0.3, 0.4) is 0 Å². The highest BCUT2D eigenvalue weighted by Crippen LogP contribution is 2.25. The summed E-state index contributed by atoms with van der Waals surface area (Å²) in [5.41, 5.74) is 5.89. The molecule has 3 heteroatoms. The molecule has 0 fully saturated rings. The van der Waals surface area contributed by atoms with Crippen LogP contribution in [-0.2, 0) is 0 Å². The standard InChI is InChI=1S/C13H20BrNO/c1-13(2,10-15)8-5-9-16-12-7-4-3-6-11(12)14/h3-4,6-7H,5,8-10,15H2,1-2H3. The number of benzene rings is 1. The highest BCUT2D eigenvalue weighted by molar-refractivity contribution is 9.10. The fourth-order valence-corrected chi connectivity index (χ4v) is 1.80. The van der Waals surface area contributed by atoms with Crippen LogP contribution in [0.1, 0.15) is 26.7 Å². The summed E-state index contributed by atoms with van der Waals surface area (Å²) in [6.07, 6.45) is 2.12. The van der Waals surface area contributed by atoms with E-state index in [-0.39, 0.29) is 5.41 Å². The molecule has 2 nitrogen and oxygen atoms in total. The molecule has 0 saturated carbocycles. The van der Waals surface area contributed by atoms with Gasteiger partial charge in [0.1, 0.15) is 5.75 Å². The minimum atomic E-state index is 0.220. The number of hydrogen-bond donors (Lipinski definition) is 1. The Morgan fingerprint density at radius 2 is 2.00 bits per heavy atom. The summed E-state index contributed by atoms with van der Waals surface area (Å²) in [4.78, 5) is 0. The number of para-hydroxylation sites is 1. The maximum Gasteiger partial charge on any atom is 0.133 e. The van der Waals surface area contributed by atoms with Crippen LogP contribution in [0, 0.1) is 5.41 Å². The van der Waals surface area contributed by atoms with Gasteiger partial charge in [-0.25, -0.2) is 0 Å². The van der Waals surface area contributed by atoms with Crippen molar-refractivity contribution in [1.82, 2.24) is 0 Å². The zero-order chi connectivity index (χ0) is 12.0. The number of rotatable bonds is 6. The number of ether oxygens (including phenoxy) is 1. The van der Waals surface area contributed by atoms with Gasteiger partial charge < -0.3 is 10.5 Å². The Labute approximate surface area is 106 Å². The second-order valence-electron chi connectivity index (χ2n) is 4.75. The first-order valence-electron chi connectivity index (χ1n) is 5.62. The predicted molar refractivity (Wildman–Crippen MR) is 71.7 cm³/mol. The zero-order valence-electron chi connectivity index (χ0n) is 10.0. The van der Waals surface area contributed by atoms with Crippen molar-refractivity contribution in [3.05, 3.63) is 28.7 Å². The first-order chi connectivity index (χ1) is 7.55. The fraction of sp³-hybridized carbons (Fsp3) is 0.538. The quantitative estimate of drug-likeness (QED) is 0.811. The maximum atomic E-state index is 5.69. The molecule has 1 rings (SSSR count). The smallest absolute Gasteiger partial charge is 0.133 e. The van der Waals surface area contributed by atoms with Crippen LogP contribution in [0.25, 0.3) is 0 Å². The molecular formula is C13H20BrNO. The van der Waals surface area contributed by atoms with Gasteiger partial charge in [-0.3, -0.25) is 0 Å². The Balaban J connectivity index is 2.29. The number of halogens is 1. The molecule has 0 aliphatic carbocycles. The highest BCUT2D eigenvalue weighted by atomic mass is 79.9. The van der Waals surface area contributed by atoms with E-state index >= 15 is 0 Å². The van der Waals surface area contributed by atoms with Gasteiger partial charge in [-0.2, -0.15) is 0 Å². The van der Waals surface area contributed by atoms with Gasteiger partial charge in [0, 0.05) is 0 Å². The Kier molecular flexibility index (Phi) is 5.29. The molecular weight excluding hydrogens is 266 g/mol. The van der Waals surface area contributed by atoms with E-state index in [4.69, 9.17) is 10.5 Å². The summed E-state index contributed by atoms with van der Waals surface area (Å²) in [6, 6.07) is 7.91. The van der Waals surface area contributed by atoms with Crippen LogP contribution < -0.4 is 10.5 Å². The summed E-state index contributed by atoms with van der Waals surface area (Å²) in [7, 11) is 0. The molecule has 1 aromatic rings. The molecule has 0 atom stereocenters. The van der Waals surface area contributed by atoms with E-state index < -0.39 is 0 Å². The summed E-state index contributed by atoms with van der Waals surface area (Å²) in [5.74, 6) is 0.910. The second kappa shape index (κ2) is 6.26. The first kappa shape index (κ1) is 13.5. The average molecular weight is 286 g/mol. The minimum Gasteiger partial charge on any atom is -0.492 e. The monoisotopic (exact) mass is 285 g/mol. The fourth-order valence-electron chi connectivity index (χ4n) is 1.40. The van der Waals surface area contributed by atoms with Crippen molar-refractivity contribution < 1.29 is 4.74 Å². The topological polar surface area (TPSA) is 35.2 Å². The Hall–Kier alpha value is -0.540. The van der Waals surface area contributed by atoms with Crippen molar-refractivity contribution in [3.63, 3.8) is 0 Å². The van der Waals surface area contributed by atoms with Gasteiger partial charge in [0.15, 0.2) is 0 Å². The van der Waals surface area contributed by atoms with Gasteiger partial charge in [-0.05, 0) is 52.9 Å². The lowest BCUT2D eigenvalue weighted by molar-refractivity contribution is 0.260. The van der Waals surface area contributed by atoms with E-state index in [0.29, 0.717) is 0 Å². The summed E-state index contributed by atoms with van der Waals surface area (Å²) < 4.78 is 6.70. The van der Waals surface area contributed by atoms with E-state index in [2.05, 4.69) is 29.8 Å². The van der Waals surface area contributed by atoms with Crippen LogP contribution in [0.15, 0.2) is 28.7 Å². The summed E-state index contributed by atoms with van der Waals surface area (Å²) in [6.45, 7) is 5.84. The normalized spacial score (nSPS) is 11.5. The molecule has 0 aromatic heterocycles. The van der Waals surface area contributed by atoms with E-state index in [1.165, 1.54) is 0 Å². The molecule has 0 saturated heterocycles. The van der Waals surface area contributed by atoms with Crippen molar-refractivity contribution in [2.75, 3.05) is 13.2 Å². The lowest BCUT2D eigenvalue weighted by Crippen LogP contribution is -2.23. The molecule has 16 heavy (non-hydrogen) atoms. The van der Waals surface area contributed by atoms with Crippen LogP contribution in [0.4, 0.5) is 0 Å². The molecule has 1 aromatic carbocycles. The SMILES string of the molecule is CC(C)(CN)CCCOc1ccccc1Br. The van der Waals surface area contributed by atoms with Crippen LogP contribution >= 0.6 is 15.9 Å². The molecule has 0 spiro atoms. The first-order valence-corrected chi connectivity index (χ1v) is 6.42. The molecule has 0 bridgehead atoms. The molecule has 2 N–H and O–H groups in total. The predicted octanol–water partition coefficient (Wildman–Crippen LogP) is 3.59. The van der Waals surface area contributed by atoms with E-state index in [1.807, 2.05) is 24.3 Å². The molecule has 0 amide bonds. The number of nitrogens with two attached hydrogens (primary N) is 1. The van der Waals surface area contributed by atoms with Crippen molar-refractivity contribution in [3.8, 4) is 5.75 Å². The molecule has 0 heterocycles. The van der Waals surface area contributed by atoms with Crippen LogP contribution in [-0.4, -0.2) is 13.2 Å². The molecule has 0 aliphatic rings. The molecule has 0 aliphatic heterocycles. The third kappa shape index (κ3) is 4.54. The van der Waals surface area contributed by atoms with Gasteiger partial charge in [0.05, 0.1) is 11.1 Å². The second-order valence-corrected chi connectivity index (χ2v) is 5.61. The van der Waals surface area contributed by atoms with E-state index in [0.717, 1.165) is 36.2 Å². The summed E-state index contributed by atoms with van der Waals surface area (Å²) >= 11 is 3.46. The Bertz CT molecular complexity index is 325. The largest absolute Gasteiger partial charge is 0.492 e. The third-order valence-corrected chi connectivity index (χ3v) is 3.30. The van der Waals surface area contributed by atoms with Crippen molar-refractivity contribution in [2.24, 2.45) is 11.1 Å². The average Bonchev–Trinajstić information content (AvgIpc) is 2.27. The van der Waals surface area contributed by atoms with Crippen molar-refractivity contribution in [1.29, 1.82) is 0 Å². The van der Waals surface area contributed by atoms with Crippen molar-refractivity contribution >= 4 is 15.9 Å². The Morgan fingerprint density at radius 3 is 2.62 bits per heavy atom. The van der Waals surface area contributed by atoms with Gasteiger partial charge in [0.25, 0.3) is 0 Å². The van der Waals surface area contributed by atoms with Gasteiger partial charge >= 0.3 is 0 Å². The third-order valence-electron chi connectivity index (χ3n) is 2.64. The summed E-state index contributed by atoms with van der Waals surface area (Å²) in [5, 5.41) is 0. The maximum absolute atomic E-state index is 5.69. The van der Waals surface area contributed by atoms with E-state index in [1.54, 1.807) is 0 Å². The minimum absolute atomic E-state index is 0.220. The lowest BCUT2D eigenvalue weighted by Gasteiger charge is -2.21. The van der Waals surface area contributed by atoms with Gasteiger partial charge in [-0.1, -0.05) is 26.0 Å². The lowest BCUT2D eigenvalue weighted by atomic mass is 9.88. The highest BCUT2D eigenvalue weighted by Gasteiger charge is 2.14. The number of hydrogen-bond acceptors (Lipinski definition) is 2.